The standard InChI is InChI=1S/C9H12N2O2/c1-3-4-8-9(11(12)13)6-5-7(2)10-8/h5-6H,3-4H2,1-2H3. The Labute approximate surface area is 76.8 Å². The van der Waals surface area contributed by atoms with Crippen molar-refractivity contribution in [3.63, 3.8) is 0 Å². The van der Waals surface area contributed by atoms with Gasteiger partial charge in [0.25, 0.3) is 5.69 Å². The largest absolute Gasteiger partial charge is 0.290 e. The van der Waals surface area contributed by atoms with Gasteiger partial charge in [0.2, 0.25) is 0 Å². The fourth-order valence-electron chi connectivity index (χ4n) is 1.19. The van der Waals surface area contributed by atoms with Crippen LogP contribution in [0.3, 0.4) is 0 Å². The van der Waals surface area contributed by atoms with Gasteiger partial charge < -0.3 is 0 Å². The van der Waals surface area contributed by atoms with E-state index in [4.69, 9.17) is 0 Å². The van der Waals surface area contributed by atoms with E-state index in [-0.39, 0.29) is 10.6 Å². The highest BCUT2D eigenvalue weighted by Gasteiger charge is 2.13. The van der Waals surface area contributed by atoms with Crippen LogP contribution in [0.1, 0.15) is 24.7 Å². The van der Waals surface area contributed by atoms with E-state index in [2.05, 4.69) is 4.98 Å². The van der Waals surface area contributed by atoms with Gasteiger partial charge in [-0.1, -0.05) is 13.3 Å². The van der Waals surface area contributed by atoms with Crippen molar-refractivity contribution in [2.75, 3.05) is 0 Å². The molecule has 1 rings (SSSR count). The molecular formula is C9H12N2O2. The highest BCUT2D eigenvalue weighted by Crippen LogP contribution is 2.17. The number of nitro groups is 1. The van der Waals surface area contributed by atoms with Crippen molar-refractivity contribution in [1.29, 1.82) is 0 Å². The summed E-state index contributed by atoms with van der Waals surface area (Å²) in [6.45, 7) is 3.82. The molecule has 70 valence electrons. The molecule has 1 aromatic heterocycles. The zero-order valence-corrected chi connectivity index (χ0v) is 7.78. The van der Waals surface area contributed by atoms with E-state index in [1.54, 1.807) is 6.07 Å². The van der Waals surface area contributed by atoms with Crippen molar-refractivity contribution in [3.05, 3.63) is 33.6 Å². The molecule has 0 N–H and O–H groups in total. The Balaban J connectivity index is 3.10. The number of hydrogen-bond donors (Lipinski definition) is 0. The fourth-order valence-corrected chi connectivity index (χ4v) is 1.19. The van der Waals surface area contributed by atoms with Gasteiger partial charge >= 0.3 is 0 Å². The average molecular weight is 180 g/mol. The Kier molecular flexibility index (Phi) is 2.95. The normalized spacial score (nSPS) is 10.0. The molecule has 0 amide bonds. The lowest BCUT2D eigenvalue weighted by atomic mass is 10.2. The number of aryl methyl sites for hydroxylation is 2. The summed E-state index contributed by atoms with van der Waals surface area (Å²) in [5.74, 6) is 0. The third-order valence-corrected chi connectivity index (χ3v) is 1.77. The third-order valence-electron chi connectivity index (χ3n) is 1.77. The maximum atomic E-state index is 10.6. The van der Waals surface area contributed by atoms with E-state index in [1.165, 1.54) is 6.07 Å². The molecule has 4 nitrogen and oxygen atoms in total. The van der Waals surface area contributed by atoms with Crippen LogP contribution in [0, 0.1) is 17.0 Å². The van der Waals surface area contributed by atoms with Gasteiger partial charge in [0.15, 0.2) is 0 Å². The van der Waals surface area contributed by atoms with Gasteiger partial charge in [-0.05, 0) is 19.4 Å². The summed E-state index contributed by atoms with van der Waals surface area (Å²) in [7, 11) is 0. The average Bonchev–Trinajstić information content (AvgIpc) is 2.04. The van der Waals surface area contributed by atoms with E-state index in [9.17, 15) is 10.1 Å². The van der Waals surface area contributed by atoms with Crippen LogP contribution < -0.4 is 0 Å². The first-order chi connectivity index (χ1) is 6.15. The van der Waals surface area contributed by atoms with Gasteiger partial charge in [0.1, 0.15) is 5.69 Å². The van der Waals surface area contributed by atoms with Crippen molar-refractivity contribution >= 4 is 5.69 Å². The maximum absolute atomic E-state index is 10.6. The first kappa shape index (κ1) is 9.64. The number of nitrogens with zero attached hydrogens (tertiary/aromatic N) is 2. The molecule has 0 atom stereocenters. The highest BCUT2D eigenvalue weighted by atomic mass is 16.6. The molecule has 0 spiro atoms. The lowest BCUT2D eigenvalue weighted by Crippen LogP contribution is -1.99. The molecule has 0 fully saturated rings. The monoisotopic (exact) mass is 180 g/mol. The van der Waals surface area contributed by atoms with E-state index in [1.807, 2.05) is 13.8 Å². The Hall–Kier alpha value is -1.45. The van der Waals surface area contributed by atoms with E-state index in [0.717, 1.165) is 12.1 Å². The molecule has 0 saturated heterocycles. The number of pyridine rings is 1. The van der Waals surface area contributed by atoms with E-state index >= 15 is 0 Å². The van der Waals surface area contributed by atoms with Gasteiger partial charge in [-0.25, -0.2) is 0 Å². The second-order valence-electron chi connectivity index (χ2n) is 2.93. The Morgan fingerprint density at radius 3 is 2.77 bits per heavy atom. The summed E-state index contributed by atoms with van der Waals surface area (Å²) in [4.78, 5) is 14.3. The first-order valence-electron chi connectivity index (χ1n) is 4.26. The minimum atomic E-state index is -0.378. The third kappa shape index (κ3) is 2.24. The van der Waals surface area contributed by atoms with Gasteiger partial charge in [-0.15, -0.1) is 0 Å². The predicted molar refractivity (Wildman–Crippen MR) is 49.6 cm³/mol. The second kappa shape index (κ2) is 3.98. The minimum absolute atomic E-state index is 0.132. The molecule has 0 saturated carbocycles. The summed E-state index contributed by atoms with van der Waals surface area (Å²) in [5.41, 5.74) is 1.55. The van der Waals surface area contributed by atoms with E-state index in [0.29, 0.717) is 12.1 Å². The van der Waals surface area contributed by atoms with Crippen molar-refractivity contribution in [2.24, 2.45) is 0 Å². The highest BCUT2D eigenvalue weighted by molar-refractivity contribution is 5.36. The van der Waals surface area contributed by atoms with Gasteiger partial charge in [0.05, 0.1) is 4.92 Å². The maximum Gasteiger partial charge on any atom is 0.290 e. The zero-order chi connectivity index (χ0) is 9.84. The van der Waals surface area contributed by atoms with Crippen molar-refractivity contribution in [2.45, 2.75) is 26.7 Å². The smallest absolute Gasteiger partial charge is 0.258 e. The number of rotatable bonds is 3. The number of hydrogen-bond acceptors (Lipinski definition) is 3. The molecule has 0 aliphatic heterocycles. The SMILES string of the molecule is CCCc1nc(C)ccc1[N+](=O)[O-]. The topological polar surface area (TPSA) is 56.0 Å². The minimum Gasteiger partial charge on any atom is -0.258 e. The fraction of sp³-hybridized carbons (Fsp3) is 0.444. The summed E-state index contributed by atoms with van der Waals surface area (Å²) in [6.07, 6.45) is 1.54. The van der Waals surface area contributed by atoms with Crippen LogP contribution in [-0.4, -0.2) is 9.91 Å². The summed E-state index contributed by atoms with van der Waals surface area (Å²) < 4.78 is 0. The van der Waals surface area contributed by atoms with Gasteiger partial charge in [0, 0.05) is 11.8 Å². The van der Waals surface area contributed by atoms with Crippen LogP contribution in [0.25, 0.3) is 0 Å². The molecule has 0 radical (unpaired) electrons. The summed E-state index contributed by atoms with van der Waals surface area (Å²) in [6, 6.07) is 3.19. The molecule has 0 aromatic carbocycles. The Morgan fingerprint density at radius 1 is 1.54 bits per heavy atom. The van der Waals surface area contributed by atoms with Crippen LogP contribution >= 0.6 is 0 Å². The predicted octanol–water partition coefficient (Wildman–Crippen LogP) is 2.25. The van der Waals surface area contributed by atoms with Gasteiger partial charge in [-0.2, -0.15) is 0 Å². The molecule has 0 aliphatic carbocycles. The summed E-state index contributed by atoms with van der Waals surface area (Å²) in [5, 5.41) is 10.6. The molecule has 13 heavy (non-hydrogen) atoms. The van der Waals surface area contributed by atoms with Crippen LogP contribution in [0.4, 0.5) is 5.69 Å². The van der Waals surface area contributed by atoms with Crippen molar-refractivity contribution in [3.8, 4) is 0 Å². The first-order valence-corrected chi connectivity index (χ1v) is 4.26. The second-order valence-corrected chi connectivity index (χ2v) is 2.93. The lowest BCUT2D eigenvalue weighted by molar-refractivity contribution is -0.385. The Bertz CT molecular complexity index is 323. The molecule has 4 heteroatoms. The van der Waals surface area contributed by atoms with Crippen molar-refractivity contribution < 1.29 is 4.92 Å². The molecule has 0 unspecified atom stereocenters. The Morgan fingerprint density at radius 2 is 2.23 bits per heavy atom. The molecule has 1 heterocycles. The lowest BCUT2D eigenvalue weighted by Gasteiger charge is -2.00. The van der Waals surface area contributed by atoms with Crippen molar-refractivity contribution in [1.82, 2.24) is 4.98 Å². The van der Waals surface area contributed by atoms with Gasteiger partial charge in [-0.3, -0.25) is 15.1 Å². The molecule has 0 aliphatic rings. The van der Waals surface area contributed by atoms with E-state index < -0.39 is 0 Å². The van der Waals surface area contributed by atoms with Crippen LogP contribution in [-0.2, 0) is 6.42 Å². The number of aromatic nitrogens is 1. The molecule has 1 aromatic rings. The van der Waals surface area contributed by atoms with Crippen LogP contribution in [0.2, 0.25) is 0 Å². The molecular weight excluding hydrogens is 168 g/mol. The molecule has 0 bridgehead atoms. The summed E-state index contributed by atoms with van der Waals surface area (Å²) >= 11 is 0. The van der Waals surface area contributed by atoms with Crippen LogP contribution in [0.15, 0.2) is 12.1 Å². The van der Waals surface area contributed by atoms with Crippen LogP contribution in [0.5, 0.6) is 0 Å². The zero-order valence-electron chi connectivity index (χ0n) is 7.78. The quantitative estimate of drug-likeness (QED) is 0.529.